The minimum absolute atomic E-state index is 0.0740. The van der Waals surface area contributed by atoms with E-state index in [0.717, 1.165) is 11.6 Å². The molecule has 30 heavy (non-hydrogen) atoms. The van der Waals surface area contributed by atoms with Crippen LogP contribution in [-0.4, -0.2) is 41.6 Å². The summed E-state index contributed by atoms with van der Waals surface area (Å²) in [5.41, 5.74) is -0.114. The van der Waals surface area contributed by atoms with E-state index in [1.807, 2.05) is 6.92 Å². The van der Waals surface area contributed by atoms with Gasteiger partial charge in [0, 0.05) is 30.2 Å². The fourth-order valence-corrected chi connectivity index (χ4v) is 3.53. The first-order valence-corrected chi connectivity index (χ1v) is 9.86. The Bertz CT molecular complexity index is 915. The van der Waals surface area contributed by atoms with Gasteiger partial charge in [-0.25, -0.2) is 9.97 Å². The van der Waals surface area contributed by atoms with Crippen LogP contribution in [0.4, 0.5) is 19.0 Å². The highest BCUT2D eigenvalue weighted by Crippen LogP contribution is 2.30. The van der Waals surface area contributed by atoms with Crippen LogP contribution < -0.4 is 15.0 Å². The highest BCUT2D eigenvalue weighted by Gasteiger charge is 2.34. The van der Waals surface area contributed by atoms with Crippen molar-refractivity contribution in [2.75, 3.05) is 24.6 Å². The topological polar surface area (TPSA) is 67.4 Å². The number of nitrogens with one attached hydrogen (secondary N) is 1. The lowest BCUT2D eigenvalue weighted by molar-refractivity contribution is -0.141. The molecule has 1 saturated heterocycles. The second-order valence-electron chi connectivity index (χ2n) is 7.18. The Morgan fingerprint density at radius 1 is 1.23 bits per heavy atom. The van der Waals surface area contributed by atoms with E-state index in [-0.39, 0.29) is 30.2 Å². The van der Waals surface area contributed by atoms with Crippen LogP contribution in [0.2, 0.25) is 5.02 Å². The molecule has 1 aromatic heterocycles. The third kappa shape index (κ3) is 5.75. The van der Waals surface area contributed by atoms with E-state index in [0.29, 0.717) is 36.7 Å². The molecular formula is C20H22ClF3N4O2. The summed E-state index contributed by atoms with van der Waals surface area (Å²) in [5.74, 6) is 0.662. The van der Waals surface area contributed by atoms with E-state index in [1.54, 1.807) is 23.1 Å². The lowest BCUT2D eigenvalue weighted by atomic mass is 10.0. The summed E-state index contributed by atoms with van der Waals surface area (Å²) in [5, 5.41) is 3.50. The third-order valence-corrected chi connectivity index (χ3v) is 5.03. The van der Waals surface area contributed by atoms with Gasteiger partial charge < -0.3 is 15.0 Å². The highest BCUT2D eigenvalue weighted by atomic mass is 35.5. The van der Waals surface area contributed by atoms with E-state index >= 15 is 0 Å². The number of halogens is 4. The number of ether oxygens (including phenoxy) is 1. The standard InChI is InChI=1S/C20H22ClF3N4O2/c1-12-9-14(21)3-4-16(12)30-11-19(29)27-15-5-7-28(8-6-15)18-10-17(20(22,23)24)25-13(2)26-18/h3-4,9-10,15H,5-8,11H2,1-2H3,(H,27,29). The van der Waals surface area contributed by atoms with E-state index in [9.17, 15) is 18.0 Å². The van der Waals surface area contributed by atoms with Crippen molar-refractivity contribution in [2.24, 2.45) is 0 Å². The van der Waals surface area contributed by atoms with Crippen LogP contribution in [0.5, 0.6) is 5.75 Å². The highest BCUT2D eigenvalue weighted by molar-refractivity contribution is 6.30. The summed E-state index contributed by atoms with van der Waals surface area (Å²) in [4.78, 5) is 21.6. The van der Waals surface area contributed by atoms with Gasteiger partial charge in [-0.1, -0.05) is 11.6 Å². The smallest absolute Gasteiger partial charge is 0.433 e. The van der Waals surface area contributed by atoms with Gasteiger partial charge in [-0.05, 0) is 50.5 Å². The van der Waals surface area contributed by atoms with Crippen molar-refractivity contribution in [3.05, 3.63) is 46.4 Å². The predicted molar refractivity (Wildman–Crippen MR) is 107 cm³/mol. The van der Waals surface area contributed by atoms with Crippen molar-refractivity contribution in [1.82, 2.24) is 15.3 Å². The number of hydrogen-bond acceptors (Lipinski definition) is 5. The van der Waals surface area contributed by atoms with Gasteiger partial charge in [-0.2, -0.15) is 13.2 Å². The number of alkyl halides is 3. The van der Waals surface area contributed by atoms with Crippen LogP contribution in [0, 0.1) is 13.8 Å². The summed E-state index contributed by atoms with van der Waals surface area (Å²) < 4.78 is 44.5. The summed E-state index contributed by atoms with van der Waals surface area (Å²) in [6, 6.07) is 6.05. The number of anilines is 1. The largest absolute Gasteiger partial charge is 0.484 e. The van der Waals surface area contributed by atoms with Crippen LogP contribution in [0.1, 0.15) is 29.9 Å². The SMILES string of the molecule is Cc1nc(N2CCC(NC(=O)COc3ccc(Cl)cc3C)CC2)cc(C(F)(F)F)n1. The Labute approximate surface area is 177 Å². The number of carbonyl (C=O) groups is 1. The number of hydrogen-bond donors (Lipinski definition) is 1. The van der Waals surface area contributed by atoms with Gasteiger partial charge in [0.15, 0.2) is 6.61 Å². The Hall–Kier alpha value is -2.55. The summed E-state index contributed by atoms with van der Waals surface area (Å²) in [7, 11) is 0. The maximum Gasteiger partial charge on any atom is 0.433 e. The molecule has 0 radical (unpaired) electrons. The number of nitrogens with zero attached hydrogens (tertiary/aromatic N) is 3. The zero-order valence-electron chi connectivity index (χ0n) is 16.6. The molecule has 0 bridgehead atoms. The van der Waals surface area contributed by atoms with Crippen molar-refractivity contribution in [1.29, 1.82) is 0 Å². The molecule has 162 valence electrons. The molecule has 0 atom stereocenters. The Balaban J connectivity index is 1.51. The average molecular weight is 443 g/mol. The van der Waals surface area contributed by atoms with Crippen molar-refractivity contribution < 1.29 is 22.7 Å². The minimum Gasteiger partial charge on any atom is -0.484 e. The first-order chi connectivity index (χ1) is 14.1. The van der Waals surface area contributed by atoms with Crippen LogP contribution in [0.3, 0.4) is 0 Å². The second kappa shape index (κ2) is 9.07. The van der Waals surface area contributed by atoms with E-state index in [4.69, 9.17) is 16.3 Å². The van der Waals surface area contributed by atoms with Crippen LogP contribution in [0.15, 0.2) is 24.3 Å². The van der Waals surface area contributed by atoms with Crippen LogP contribution in [0.25, 0.3) is 0 Å². The molecule has 1 amide bonds. The number of benzene rings is 1. The monoisotopic (exact) mass is 442 g/mol. The molecule has 3 rings (SSSR count). The Morgan fingerprint density at radius 2 is 1.93 bits per heavy atom. The molecule has 0 unspecified atom stereocenters. The molecule has 6 nitrogen and oxygen atoms in total. The first-order valence-electron chi connectivity index (χ1n) is 9.48. The van der Waals surface area contributed by atoms with Crippen LogP contribution in [-0.2, 0) is 11.0 Å². The van der Waals surface area contributed by atoms with Crippen LogP contribution >= 0.6 is 11.6 Å². The molecule has 1 fully saturated rings. The molecular weight excluding hydrogens is 421 g/mol. The predicted octanol–water partition coefficient (Wildman–Crippen LogP) is 3.93. The molecule has 1 aliphatic heterocycles. The normalized spacial score (nSPS) is 15.2. The number of piperidine rings is 1. The Morgan fingerprint density at radius 3 is 2.57 bits per heavy atom. The number of carbonyl (C=O) groups excluding carboxylic acids is 1. The molecule has 1 aliphatic rings. The molecule has 2 heterocycles. The van der Waals surface area contributed by atoms with Gasteiger partial charge >= 0.3 is 6.18 Å². The summed E-state index contributed by atoms with van der Waals surface area (Å²) in [6.45, 7) is 4.12. The van der Waals surface area contributed by atoms with Gasteiger partial charge in [0.2, 0.25) is 0 Å². The second-order valence-corrected chi connectivity index (χ2v) is 7.62. The van der Waals surface area contributed by atoms with Crippen molar-refractivity contribution >= 4 is 23.3 Å². The fourth-order valence-electron chi connectivity index (χ4n) is 3.30. The van der Waals surface area contributed by atoms with Gasteiger partial charge in [-0.15, -0.1) is 0 Å². The van der Waals surface area contributed by atoms with Gasteiger partial charge in [0.1, 0.15) is 23.1 Å². The van der Waals surface area contributed by atoms with Crippen molar-refractivity contribution in [2.45, 2.75) is 38.9 Å². The first kappa shape index (κ1) is 22.1. The molecule has 10 heteroatoms. The lowest BCUT2D eigenvalue weighted by Crippen LogP contribution is -2.46. The molecule has 2 aromatic rings. The van der Waals surface area contributed by atoms with Gasteiger partial charge in [-0.3, -0.25) is 4.79 Å². The zero-order chi connectivity index (χ0) is 21.9. The quantitative estimate of drug-likeness (QED) is 0.760. The molecule has 0 spiro atoms. The van der Waals surface area contributed by atoms with Crippen molar-refractivity contribution in [3.8, 4) is 5.75 Å². The molecule has 0 saturated carbocycles. The maximum atomic E-state index is 13.0. The average Bonchev–Trinajstić information content (AvgIpc) is 2.67. The molecule has 1 N–H and O–H groups in total. The summed E-state index contributed by atoms with van der Waals surface area (Å²) in [6.07, 6.45) is -3.33. The van der Waals surface area contributed by atoms with Crippen molar-refractivity contribution in [3.63, 3.8) is 0 Å². The molecule has 0 aliphatic carbocycles. The van der Waals surface area contributed by atoms with E-state index in [2.05, 4.69) is 15.3 Å². The fraction of sp³-hybridized carbons (Fsp3) is 0.450. The number of aryl methyl sites for hydroxylation is 2. The van der Waals surface area contributed by atoms with Gasteiger partial charge in [0.05, 0.1) is 0 Å². The Kier molecular flexibility index (Phi) is 6.70. The molecule has 1 aromatic carbocycles. The zero-order valence-corrected chi connectivity index (χ0v) is 17.3. The number of amides is 1. The van der Waals surface area contributed by atoms with E-state index < -0.39 is 11.9 Å². The van der Waals surface area contributed by atoms with E-state index in [1.165, 1.54) is 6.92 Å². The maximum absolute atomic E-state index is 13.0. The minimum atomic E-state index is -4.52. The van der Waals surface area contributed by atoms with Gasteiger partial charge in [0.25, 0.3) is 5.91 Å². The number of rotatable bonds is 5. The number of aromatic nitrogens is 2. The third-order valence-electron chi connectivity index (χ3n) is 4.79. The summed E-state index contributed by atoms with van der Waals surface area (Å²) >= 11 is 5.90. The lowest BCUT2D eigenvalue weighted by Gasteiger charge is -2.33.